The van der Waals surface area contributed by atoms with Crippen LogP contribution in [0.4, 0.5) is 0 Å². The zero-order valence-electron chi connectivity index (χ0n) is 12.7. The van der Waals surface area contributed by atoms with Crippen molar-refractivity contribution in [1.82, 2.24) is 4.90 Å². The molecular formula is C17H23NO3. The van der Waals surface area contributed by atoms with Crippen molar-refractivity contribution in [2.24, 2.45) is 5.92 Å². The summed E-state index contributed by atoms with van der Waals surface area (Å²) in [4.78, 5) is 25.7. The van der Waals surface area contributed by atoms with Gasteiger partial charge < -0.3 is 10.0 Å². The number of carbonyl (C=O) groups excluding carboxylic acids is 1. The fourth-order valence-corrected chi connectivity index (χ4v) is 3.01. The molecule has 0 aromatic heterocycles. The first kappa shape index (κ1) is 15.5. The van der Waals surface area contributed by atoms with Crippen molar-refractivity contribution in [2.45, 2.75) is 45.6 Å². The highest BCUT2D eigenvalue weighted by atomic mass is 16.4. The first-order valence-electron chi connectivity index (χ1n) is 7.63. The molecule has 1 aliphatic rings. The van der Waals surface area contributed by atoms with Crippen molar-refractivity contribution in [3.8, 4) is 0 Å². The van der Waals surface area contributed by atoms with Crippen LogP contribution in [0.15, 0.2) is 24.3 Å². The molecule has 4 heteroatoms. The van der Waals surface area contributed by atoms with E-state index in [2.05, 4.69) is 13.8 Å². The summed E-state index contributed by atoms with van der Waals surface area (Å²) in [6, 6.07) is 6.61. The summed E-state index contributed by atoms with van der Waals surface area (Å²) < 4.78 is 0. The second kappa shape index (κ2) is 6.74. The molecule has 1 heterocycles. The van der Waals surface area contributed by atoms with Gasteiger partial charge >= 0.3 is 5.97 Å². The Balaban J connectivity index is 2.20. The molecule has 114 valence electrons. The van der Waals surface area contributed by atoms with E-state index in [9.17, 15) is 9.59 Å². The van der Waals surface area contributed by atoms with E-state index in [-0.39, 0.29) is 17.5 Å². The van der Waals surface area contributed by atoms with E-state index in [0.29, 0.717) is 11.5 Å². The van der Waals surface area contributed by atoms with Gasteiger partial charge in [-0.2, -0.15) is 0 Å². The molecule has 1 amide bonds. The number of benzene rings is 1. The maximum atomic E-state index is 12.7. The molecule has 1 saturated heterocycles. The number of hydrogen-bond acceptors (Lipinski definition) is 2. The van der Waals surface area contributed by atoms with Gasteiger partial charge in [0.25, 0.3) is 5.91 Å². The fourth-order valence-electron chi connectivity index (χ4n) is 3.01. The van der Waals surface area contributed by atoms with Crippen LogP contribution in [0.5, 0.6) is 0 Å². The van der Waals surface area contributed by atoms with Gasteiger partial charge in [-0.05, 0) is 49.8 Å². The SMILES string of the molecule is CC(C)CC1CCCCN1C(=O)c1cccc(C(=O)O)c1. The zero-order chi connectivity index (χ0) is 15.4. The van der Waals surface area contributed by atoms with Gasteiger partial charge in [-0.15, -0.1) is 0 Å². The molecule has 0 spiro atoms. The predicted molar refractivity (Wildman–Crippen MR) is 81.5 cm³/mol. The van der Waals surface area contributed by atoms with Crippen LogP contribution in [0, 0.1) is 5.92 Å². The third-order valence-electron chi connectivity index (χ3n) is 3.99. The monoisotopic (exact) mass is 289 g/mol. The standard InChI is InChI=1S/C17H23NO3/c1-12(2)10-15-8-3-4-9-18(15)16(19)13-6-5-7-14(11-13)17(20)21/h5-7,11-12,15H,3-4,8-10H2,1-2H3,(H,20,21). The smallest absolute Gasteiger partial charge is 0.335 e. The van der Waals surface area contributed by atoms with Crippen LogP contribution >= 0.6 is 0 Å². The number of amides is 1. The fraction of sp³-hybridized carbons (Fsp3) is 0.529. The minimum Gasteiger partial charge on any atom is -0.478 e. The van der Waals surface area contributed by atoms with Crippen molar-refractivity contribution in [3.05, 3.63) is 35.4 Å². The first-order chi connectivity index (χ1) is 9.99. The second-order valence-electron chi connectivity index (χ2n) is 6.16. The van der Waals surface area contributed by atoms with Crippen molar-refractivity contribution in [1.29, 1.82) is 0 Å². The van der Waals surface area contributed by atoms with E-state index in [1.54, 1.807) is 12.1 Å². The van der Waals surface area contributed by atoms with Crippen molar-refractivity contribution >= 4 is 11.9 Å². The van der Waals surface area contributed by atoms with Gasteiger partial charge in [0.05, 0.1) is 5.56 Å². The van der Waals surface area contributed by atoms with Gasteiger partial charge in [0, 0.05) is 18.2 Å². The van der Waals surface area contributed by atoms with Crippen molar-refractivity contribution in [3.63, 3.8) is 0 Å². The van der Waals surface area contributed by atoms with Crippen LogP contribution in [-0.2, 0) is 0 Å². The third kappa shape index (κ3) is 3.84. The summed E-state index contributed by atoms with van der Waals surface area (Å²) in [5, 5.41) is 9.05. The Kier molecular flexibility index (Phi) is 4.99. The molecule has 1 unspecified atom stereocenters. The molecule has 1 fully saturated rings. The Labute approximate surface area is 125 Å². The zero-order valence-corrected chi connectivity index (χ0v) is 12.7. The molecule has 0 aliphatic carbocycles. The third-order valence-corrected chi connectivity index (χ3v) is 3.99. The van der Waals surface area contributed by atoms with Gasteiger partial charge in [-0.25, -0.2) is 4.79 Å². The molecule has 4 nitrogen and oxygen atoms in total. The first-order valence-corrected chi connectivity index (χ1v) is 7.63. The minimum absolute atomic E-state index is 0.0385. The van der Waals surface area contributed by atoms with Gasteiger partial charge in [0.1, 0.15) is 0 Å². The van der Waals surface area contributed by atoms with E-state index in [1.807, 2.05) is 4.90 Å². The lowest BCUT2D eigenvalue weighted by atomic mass is 9.93. The van der Waals surface area contributed by atoms with Crippen molar-refractivity contribution in [2.75, 3.05) is 6.54 Å². The Morgan fingerprint density at radius 3 is 2.67 bits per heavy atom. The van der Waals surface area contributed by atoms with Gasteiger partial charge in [-0.1, -0.05) is 19.9 Å². The number of carbonyl (C=O) groups is 2. The van der Waals surface area contributed by atoms with Crippen LogP contribution < -0.4 is 0 Å². The van der Waals surface area contributed by atoms with E-state index in [0.717, 1.165) is 32.2 Å². The normalized spacial score (nSPS) is 18.8. The lowest BCUT2D eigenvalue weighted by Gasteiger charge is -2.37. The molecule has 1 N–H and O–H groups in total. The molecule has 0 bridgehead atoms. The van der Waals surface area contributed by atoms with Crippen LogP contribution in [-0.4, -0.2) is 34.5 Å². The maximum absolute atomic E-state index is 12.7. The topological polar surface area (TPSA) is 57.6 Å². The summed E-state index contributed by atoms with van der Waals surface area (Å²) in [5.74, 6) is -0.487. The summed E-state index contributed by atoms with van der Waals surface area (Å²) in [7, 11) is 0. The average Bonchev–Trinajstić information content (AvgIpc) is 2.46. The molecule has 1 aliphatic heterocycles. The van der Waals surface area contributed by atoms with Gasteiger partial charge in [0.2, 0.25) is 0 Å². The Morgan fingerprint density at radius 1 is 1.29 bits per heavy atom. The number of likely N-dealkylation sites (tertiary alicyclic amines) is 1. The Hall–Kier alpha value is -1.84. The molecule has 1 aromatic carbocycles. The van der Waals surface area contributed by atoms with E-state index in [1.165, 1.54) is 12.1 Å². The average molecular weight is 289 g/mol. The number of carboxylic acids is 1. The minimum atomic E-state index is -0.998. The molecule has 0 radical (unpaired) electrons. The maximum Gasteiger partial charge on any atom is 0.335 e. The van der Waals surface area contributed by atoms with E-state index in [4.69, 9.17) is 5.11 Å². The molecule has 1 aromatic rings. The number of carboxylic acid groups (broad SMARTS) is 1. The predicted octanol–water partition coefficient (Wildman–Crippen LogP) is 3.43. The number of aromatic carboxylic acids is 1. The number of hydrogen-bond donors (Lipinski definition) is 1. The van der Waals surface area contributed by atoms with Crippen LogP contribution in [0.1, 0.15) is 60.2 Å². The van der Waals surface area contributed by atoms with Crippen molar-refractivity contribution < 1.29 is 14.7 Å². The van der Waals surface area contributed by atoms with Gasteiger partial charge in [-0.3, -0.25) is 4.79 Å². The van der Waals surface area contributed by atoms with Crippen LogP contribution in [0.2, 0.25) is 0 Å². The molecule has 2 rings (SSSR count). The van der Waals surface area contributed by atoms with Crippen LogP contribution in [0.25, 0.3) is 0 Å². The molecule has 0 saturated carbocycles. The lowest BCUT2D eigenvalue weighted by molar-refractivity contribution is 0.0584. The number of piperidine rings is 1. The number of nitrogens with zero attached hydrogens (tertiary/aromatic N) is 1. The summed E-state index contributed by atoms with van der Waals surface area (Å²) >= 11 is 0. The highest BCUT2D eigenvalue weighted by Crippen LogP contribution is 2.24. The lowest BCUT2D eigenvalue weighted by Crippen LogP contribution is -2.44. The van der Waals surface area contributed by atoms with Gasteiger partial charge in [0.15, 0.2) is 0 Å². The molecule has 21 heavy (non-hydrogen) atoms. The summed E-state index contributed by atoms with van der Waals surface area (Å²) in [5.41, 5.74) is 0.642. The quantitative estimate of drug-likeness (QED) is 0.924. The number of rotatable bonds is 4. The second-order valence-corrected chi connectivity index (χ2v) is 6.16. The van der Waals surface area contributed by atoms with E-state index < -0.39 is 5.97 Å². The molecule has 1 atom stereocenters. The van der Waals surface area contributed by atoms with Crippen LogP contribution in [0.3, 0.4) is 0 Å². The largest absolute Gasteiger partial charge is 0.478 e. The highest BCUT2D eigenvalue weighted by molar-refractivity contribution is 5.97. The van der Waals surface area contributed by atoms with E-state index >= 15 is 0 Å². The molecular weight excluding hydrogens is 266 g/mol. The summed E-state index contributed by atoms with van der Waals surface area (Å²) in [6.07, 6.45) is 4.24. The Morgan fingerprint density at radius 2 is 2.00 bits per heavy atom. The Bertz CT molecular complexity index is 525. The highest BCUT2D eigenvalue weighted by Gasteiger charge is 2.28. The summed E-state index contributed by atoms with van der Waals surface area (Å²) in [6.45, 7) is 5.11.